The van der Waals surface area contributed by atoms with Crippen molar-refractivity contribution in [1.82, 2.24) is 0 Å². The van der Waals surface area contributed by atoms with Crippen LogP contribution < -0.4 is 0 Å². The summed E-state index contributed by atoms with van der Waals surface area (Å²) in [5.74, 6) is 0. The van der Waals surface area contributed by atoms with Gasteiger partial charge in [-0.05, 0) is 0 Å². The molecule has 0 fully saturated rings. The van der Waals surface area contributed by atoms with Gasteiger partial charge in [0, 0.05) is 0 Å². The fraction of sp³-hybridized carbons (Fsp3) is 0.125. The molecule has 58 valence electrons. The molecule has 0 amide bonds. The number of benzene rings is 1. The second kappa shape index (κ2) is 9.87. The number of aryl methyl sites for hydroxylation is 1. The summed E-state index contributed by atoms with van der Waals surface area (Å²) < 4.78 is 17.2. The van der Waals surface area contributed by atoms with Crippen molar-refractivity contribution in [1.29, 1.82) is 0 Å². The van der Waals surface area contributed by atoms with Gasteiger partial charge in [0.2, 0.25) is 0 Å². The molecule has 0 aliphatic rings. The zero-order valence-electron chi connectivity index (χ0n) is 6.63. The van der Waals surface area contributed by atoms with Gasteiger partial charge in [0.05, 0.1) is 0 Å². The fourth-order valence-corrected chi connectivity index (χ4v) is 0.470. The fourth-order valence-electron chi connectivity index (χ4n) is 0.470. The Morgan fingerprint density at radius 2 is 1.64 bits per heavy atom. The monoisotopic (exact) mass is 376 g/mol. The molecule has 0 atom stereocenters. The maximum absolute atomic E-state index is 8.58. The molecule has 0 aliphatic heterocycles. The summed E-state index contributed by atoms with van der Waals surface area (Å²) in [6.07, 6.45) is 0. The van der Waals surface area contributed by atoms with Crippen LogP contribution in [0.4, 0.5) is 0 Å². The van der Waals surface area contributed by atoms with Gasteiger partial charge in [-0.1, -0.05) is 6.92 Å². The van der Waals surface area contributed by atoms with E-state index in [0.29, 0.717) is 0 Å². The van der Waals surface area contributed by atoms with Gasteiger partial charge in [-0.2, -0.15) is 35.9 Å². The molecule has 0 saturated heterocycles. The van der Waals surface area contributed by atoms with Gasteiger partial charge in [0.25, 0.3) is 0 Å². The van der Waals surface area contributed by atoms with E-state index in [0.717, 1.165) is 0 Å². The van der Waals surface area contributed by atoms with Crippen molar-refractivity contribution < 1.29 is 32.3 Å². The van der Waals surface area contributed by atoms with E-state index < -0.39 is 27.8 Å². The number of hydrogen-bond donors (Lipinski definition) is 0. The maximum atomic E-state index is 8.58. The molecule has 0 unspecified atom stereocenters. The molecular weight excluding hydrogens is 366 g/mol. The molecule has 1 aromatic rings. The minimum atomic E-state index is -2.51. The normalized spacial score (nSPS) is 6.27. The van der Waals surface area contributed by atoms with Gasteiger partial charge in [-0.15, -0.1) is 0 Å². The second-order valence-electron chi connectivity index (χ2n) is 1.66. The van der Waals surface area contributed by atoms with E-state index in [1.54, 1.807) is 0 Å². The first-order chi connectivity index (χ1) is 4.81. The Morgan fingerprint density at radius 1 is 1.27 bits per heavy atom. The molecule has 11 heavy (non-hydrogen) atoms. The molecule has 3 heteroatoms. The van der Waals surface area contributed by atoms with Crippen LogP contribution in [0.2, 0.25) is 0 Å². The summed E-state index contributed by atoms with van der Waals surface area (Å²) in [5, 5.41) is 0. The van der Waals surface area contributed by atoms with Crippen molar-refractivity contribution in [3.63, 3.8) is 0 Å². The van der Waals surface area contributed by atoms with E-state index in [2.05, 4.69) is 13.0 Å². The van der Waals surface area contributed by atoms with Crippen LogP contribution in [0.5, 0.6) is 0 Å². The van der Waals surface area contributed by atoms with Crippen molar-refractivity contribution in [3.05, 3.63) is 43.3 Å². The summed E-state index contributed by atoms with van der Waals surface area (Å²) in [4.78, 5) is 0. The van der Waals surface area contributed by atoms with Crippen LogP contribution in [-0.2, 0) is 4.47 Å². The van der Waals surface area contributed by atoms with Crippen molar-refractivity contribution >= 4 is 0 Å². The molecule has 2 nitrogen and oxygen atoms in total. The first kappa shape index (κ1) is 13.5. The van der Waals surface area contributed by atoms with Gasteiger partial charge in [-0.25, -0.2) is 0 Å². The van der Waals surface area contributed by atoms with E-state index in [4.69, 9.17) is 4.47 Å². The van der Waals surface area contributed by atoms with Crippen LogP contribution in [0.25, 0.3) is 0 Å². The van der Waals surface area contributed by atoms with Crippen molar-refractivity contribution in [2.24, 2.45) is 0 Å². The summed E-state index contributed by atoms with van der Waals surface area (Å²) in [7, 11) is 0. The first-order valence-corrected chi connectivity index (χ1v) is 6.13. The Morgan fingerprint density at radius 3 is 1.82 bits per heavy atom. The van der Waals surface area contributed by atoms with E-state index in [1.165, 1.54) is 5.56 Å². The molecular formula is C8H10O2U. The summed E-state index contributed by atoms with van der Waals surface area (Å²) in [5.41, 5.74) is 1.29. The first-order valence-electron chi connectivity index (χ1n) is 2.73. The number of hydrogen-bond acceptors (Lipinski definition) is 2. The molecule has 0 aromatic heterocycles. The SMILES string of the molecule is Cc1cc[c-]cc1.[CH3-].[O]=[U+2]=[O]. The Balaban J connectivity index is 0. The zero-order valence-corrected chi connectivity index (χ0v) is 10.8. The predicted molar refractivity (Wildman–Crippen MR) is 37.8 cm³/mol. The quantitative estimate of drug-likeness (QED) is 0.650. The van der Waals surface area contributed by atoms with Gasteiger partial charge in [0.1, 0.15) is 0 Å². The van der Waals surface area contributed by atoms with Crippen LogP contribution in [0.3, 0.4) is 0 Å². The van der Waals surface area contributed by atoms with Crippen molar-refractivity contribution in [3.8, 4) is 0 Å². The Kier molecular flexibility index (Phi) is 12.1. The third-order valence-corrected chi connectivity index (χ3v) is 0.885. The molecule has 0 radical (unpaired) electrons. The van der Waals surface area contributed by atoms with Crippen LogP contribution in [0.15, 0.2) is 24.3 Å². The summed E-state index contributed by atoms with van der Waals surface area (Å²) in [6.45, 7) is 2.06. The van der Waals surface area contributed by atoms with Crippen LogP contribution in [0, 0.1) is 48.2 Å². The minimum absolute atomic E-state index is 0. The second-order valence-corrected chi connectivity index (χ2v) is 2.35. The van der Waals surface area contributed by atoms with Crippen LogP contribution in [0.1, 0.15) is 5.56 Å². The topological polar surface area (TPSA) is 34.1 Å². The Labute approximate surface area is 82.2 Å². The van der Waals surface area contributed by atoms with Crippen molar-refractivity contribution in [2.75, 3.05) is 0 Å². The molecule has 0 bridgehead atoms. The molecule has 0 heterocycles. The molecule has 0 aliphatic carbocycles. The van der Waals surface area contributed by atoms with Gasteiger partial charge in [0.15, 0.2) is 0 Å². The van der Waals surface area contributed by atoms with Gasteiger partial charge >= 0.3 is 32.3 Å². The Hall–Kier alpha value is -0.128. The predicted octanol–water partition coefficient (Wildman–Crippen LogP) is 2.01. The summed E-state index contributed by atoms with van der Waals surface area (Å²) in [6, 6.07) is 10.8. The average Bonchev–Trinajstić information content (AvgIpc) is 1.91. The molecule has 0 spiro atoms. The average molecular weight is 376 g/mol. The molecule has 1 rings (SSSR count). The molecule has 0 N–H and O–H groups in total. The number of rotatable bonds is 0. The van der Waals surface area contributed by atoms with E-state index >= 15 is 0 Å². The van der Waals surface area contributed by atoms with E-state index in [1.807, 2.05) is 24.3 Å². The standard InChI is InChI=1S/C7H7.CH3.2O.U/c1-7-5-3-2-4-6-7;;;;/h3-6H,1H3;1H3;;;/q2*-1;;;+2. The zero-order chi connectivity index (χ0) is 7.82. The van der Waals surface area contributed by atoms with Gasteiger partial charge < -0.3 is 7.43 Å². The van der Waals surface area contributed by atoms with Crippen molar-refractivity contribution in [2.45, 2.75) is 6.92 Å². The van der Waals surface area contributed by atoms with Crippen LogP contribution >= 0.6 is 0 Å². The Bertz CT molecular complexity index is 203. The third kappa shape index (κ3) is 9.87. The van der Waals surface area contributed by atoms with Crippen LogP contribution in [-0.4, -0.2) is 0 Å². The third-order valence-electron chi connectivity index (χ3n) is 0.885. The van der Waals surface area contributed by atoms with Gasteiger partial charge in [-0.3, -0.25) is 0 Å². The molecule has 0 saturated carbocycles. The molecule has 1 aromatic carbocycles. The van der Waals surface area contributed by atoms with E-state index in [-0.39, 0.29) is 7.43 Å². The summed E-state index contributed by atoms with van der Waals surface area (Å²) >= 11 is -2.51. The van der Waals surface area contributed by atoms with E-state index in [9.17, 15) is 0 Å².